The molecule has 1 aliphatic heterocycles. The van der Waals surface area contributed by atoms with E-state index in [4.69, 9.17) is 16.7 Å². The highest BCUT2D eigenvalue weighted by Gasteiger charge is 2.18. The molecular weight excluding hydrogens is 360 g/mol. The number of sulfone groups is 1. The molecule has 0 saturated heterocycles. The summed E-state index contributed by atoms with van der Waals surface area (Å²) in [5, 5.41) is 16.9. The van der Waals surface area contributed by atoms with Gasteiger partial charge in [0.2, 0.25) is 0 Å². The van der Waals surface area contributed by atoms with Gasteiger partial charge in [0.05, 0.1) is 22.9 Å². The van der Waals surface area contributed by atoms with E-state index in [2.05, 4.69) is 5.10 Å². The van der Waals surface area contributed by atoms with E-state index in [0.29, 0.717) is 5.02 Å². The zero-order chi connectivity index (χ0) is 17.9. The third-order valence-corrected chi connectivity index (χ3v) is 5.56. The molecule has 0 bridgehead atoms. The SMILES string of the molecule is O=S(=O)(C=CCO)c1ccc(N2CCC(c3ccc(Cl)cc3)=N2)cc1. The summed E-state index contributed by atoms with van der Waals surface area (Å²) in [5.41, 5.74) is 2.83. The summed E-state index contributed by atoms with van der Waals surface area (Å²) in [6, 6.07) is 14.1. The number of aliphatic hydroxyl groups is 1. The second-order valence-corrected chi connectivity index (χ2v) is 7.79. The van der Waals surface area contributed by atoms with Crippen molar-refractivity contribution in [2.24, 2.45) is 5.10 Å². The number of anilines is 1. The van der Waals surface area contributed by atoms with Gasteiger partial charge in [-0.25, -0.2) is 8.42 Å². The Labute approximate surface area is 151 Å². The molecule has 7 heteroatoms. The van der Waals surface area contributed by atoms with Crippen LogP contribution in [0.5, 0.6) is 0 Å². The molecular formula is C18H17ClN2O3S. The lowest BCUT2D eigenvalue weighted by Gasteiger charge is -2.13. The van der Waals surface area contributed by atoms with Gasteiger partial charge in [0, 0.05) is 23.4 Å². The number of hydrogen-bond acceptors (Lipinski definition) is 5. The Bertz CT molecular complexity index is 904. The lowest BCUT2D eigenvalue weighted by Crippen LogP contribution is -2.11. The van der Waals surface area contributed by atoms with Gasteiger partial charge in [-0.1, -0.05) is 23.7 Å². The summed E-state index contributed by atoms with van der Waals surface area (Å²) < 4.78 is 24.1. The molecule has 5 nitrogen and oxygen atoms in total. The van der Waals surface area contributed by atoms with Crippen molar-refractivity contribution in [1.82, 2.24) is 0 Å². The van der Waals surface area contributed by atoms with Gasteiger partial charge in [-0.05, 0) is 48.0 Å². The fourth-order valence-corrected chi connectivity index (χ4v) is 3.68. The minimum atomic E-state index is -3.53. The number of nitrogens with zero attached hydrogens (tertiary/aromatic N) is 2. The zero-order valence-electron chi connectivity index (χ0n) is 13.3. The molecule has 0 saturated carbocycles. The van der Waals surface area contributed by atoms with Crippen LogP contribution in [-0.4, -0.2) is 32.4 Å². The number of hydrogen-bond donors (Lipinski definition) is 1. The standard InChI is InChI=1S/C18H17ClN2O3S/c19-15-4-2-14(3-5-15)18-10-11-21(20-18)16-6-8-17(9-7-16)25(23,24)13-1-12-22/h1-9,13,22H,10-12H2. The minimum absolute atomic E-state index is 0.182. The summed E-state index contributed by atoms with van der Waals surface area (Å²) in [4.78, 5) is 0.182. The van der Waals surface area contributed by atoms with Crippen LogP contribution in [0, 0.1) is 0 Å². The lowest BCUT2D eigenvalue weighted by atomic mass is 10.1. The molecule has 3 rings (SSSR count). The first-order chi connectivity index (χ1) is 12.0. The first kappa shape index (κ1) is 17.7. The van der Waals surface area contributed by atoms with Crippen molar-refractivity contribution in [1.29, 1.82) is 0 Å². The molecule has 0 fully saturated rings. The molecule has 0 spiro atoms. The Hall–Kier alpha value is -2.15. The number of halogens is 1. The Kier molecular flexibility index (Phi) is 5.22. The molecule has 0 aromatic heterocycles. The Morgan fingerprint density at radius 3 is 2.44 bits per heavy atom. The van der Waals surface area contributed by atoms with E-state index in [1.807, 2.05) is 29.3 Å². The van der Waals surface area contributed by atoms with Crippen molar-refractivity contribution in [3.8, 4) is 0 Å². The monoisotopic (exact) mass is 376 g/mol. The van der Waals surface area contributed by atoms with Gasteiger partial charge in [0.1, 0.15) is 0 Å². The molecule has 130 valence electrons. The summed E-state index contributed by atoms with van der Waals surface area (Å²) in [7, 11) is -3.53. The van der Waals surface area contributed by atoms with Crippen molar-refractivity contribution in [2.45, 2.75) is 11.3 Å². The third kappa shape index (κ3) is 4.10. The smallest absolute Gasteiger partial charge is 0.199 e. The second kappa shape index (κ2) is 7.39. The first-order valence-corrected chi connectivity index (χ1v) is 9.65. The molecule has 0 unspecified atom stereocenters. The summed E-state index contributed by atoms with van der Waals surface area (Å²) >= 11 is 5.91. The van der Waals surface area contributed by atoms with Crippen LogP contribution >= 0.6 is 11.6 Å². The van der Waals surface area contributed by atoms with E-state index in [0.717, 1.165) is 35.3 Å². The molecule has 25 heavy (non-hydrogen) atoms. The molecule has 0 aliphatic carbocycles. The normalized spacial score (nSPS) is 15.0. The van der Waals surface area contributed by atoms with Crippen molar-refractivity contribution in [2.75, 3.05) is 18.2 Å². The highest BCUT2D eigenvalue weighted by molar-refractivity contribution is 7.94. The number of rotatable bonds is 5. The van der Waals surface area contributed by atoms with Crippen molar-refractivity contribution in [3.63, 3.8) is 0 Å². The Balaban J connectivity index is 1.79. The van der Waals surface area contributed by atoms with Crippen molar-refractivity contribution in [3.05, 3.63) is 70.6 Å². The van der Waals surface area contributed by atoms with Gasteiger partial charge < -0.3 is 5.11 Å². The van der Waals surface area contributed by atoms with Crippen LogP contribution in [-0.2, 0) is 9.84 Å². The molecule has 1 aliphatic rings. The van der Waals surface area contributed by atoms with Crippen LogP contribution in [0.15, 0.2) is 70.0 Å². The van der Waals surface area contributed by atoms with Crippen molar-refractivity contribution >= 4 is 32.8 Å². The zero-order valence-corrected chi connectivity index (χ0v) is 14.9. The van der Waals surface area contributed by atoms with Gasteiger partial charge in [0.15, 0.2) is 9.84 Å². The topological polar surface area (TPSA) is 70.0 Å². The van der Waals surface area contributed by atoms with Crippen LogP contribution in [0.4, 0.5) is 5.69 Å². The Morgan fingerprint density at radius 1 is 1.12 bits per heavy atom. The van der Waals surface area contributed by atoms with Crippen LogP contribution in [0.3, 0.4) is 0 Å². The molecule has 2 aromatic carbocycles. The van der Waals surface area contributed by atoms with Gasteiger partial charge >= 0.3 is 0 Å². The maximum Gasteiger partial charge on any atom is 0.199 e. The predicted molar refractivity (Wildman–Crippen MR) is 99.8 cm³/mol. The van der Waals surface area contributed by atoms with Crippen LogP contribution in [0.2, 0.25) is 5.02 Å². The van der Waals surface area contributed by atoms with Gasteiger partial charge in [-0.15, -0.1) is 0 Å². The van der Waals surface area contributed by atoms with Crippen LogP contribution in [0.25, 0.3) is 0 Å². The molecule has 1 heterocycles. The van der Waals surface area contributed by atoms with Gasteiger partial charge in [0.25, 0.3) is 0 Å². The van der Waals surface area contributed by atoms with Gasteiger partial charge in [-0.3, -0.25) is 5.01 Å². The van der Waals surface area contributed by atoms with E-state index in [1.165, 1.54) is 6.08 Å². The summed E-state index contributed by atoms with van der Waals surface area (Å²) in [5.74, 6) is 0. The second-order valence-electron chi connectivity index (χ2n) is 5.52. The van der Waals surface area contributed by atoms with E-state index in [9.17, 15) is 8.42 Å². The quantitative estimate of drug-likeness (QED) is 0.869. The van der Waals surface area contributed by atoms with E-state index < -0.39 is 9.84 Å². The van der Waals surface area contributed by atoms with Gasteiger partial charge in [-0.2, -0.15) is 5.10 Å². The molecule has 2 aromatic rings. The maximum atomic E-state index is 12.0. The van der Waals surface area contributed by atoms with Crippen LogP contribution in [0.1, 0.15) is 12.0 Å². The molecule has 0 atom stereocenters. The van der Waals surface area contributed by atoms with Crippen molar-refractivity contribution < 1.29 is 13.5 Å². The number of benzene rings is 2. The average molecular weight is 377 g/mol. The lowest BCUT2D eigenvalue weighted by molar-refractivity contribution is 0.343. The van der Waals surface area contributed by atoms with E-state index in [1.54, 1.807) is 24.3 Å². The predicted octanol–water partition coefficient (Wildman–Crippen LogP) is 3.23. The van der Waals surface area contributed by atoms with E-state index in [-0.39, 0.29) is 11.5 Å². The largest absolute Gasteiger partial charge is 0.392 e. The number of hydrazone groups is 1. The molecule has 1 N–H and O–H groups in total. The number of aliphatic hydroxyl groups excluding tert-OH is 1. The third-order valence-electron chi connectivity index (χ3n) is 3.82. The highest BCUT2D eigenvalue weighted by atomic mass is 35.5. The molecule has 0 amide bonds. The average Bonchev–Trinajstić information content (AvgIpc) is 3.11. The Morgan fingerprint density at radius 2 is 1.80 bits per heavy atom. The highest BCUT2D eigenvalue weighted by Crippen LogP contribution is 2.24. The maximum absolute atomic E-state index is 12.0. The molecule has 0 radical (unpaired) electrons. The minimum Gasteiger partial charge on any atom is -0.392 e. The fourth-order valence-electron chi connectivity index (χ4n) is 2.54. The summed E-state index contributed by atoms with van der Waals surface area (Å²) in [6.07, 6.45) is 2.01. The first-order valence-electron chi connectivity index (χ1n) is 7.73. The summed E-state index contributed by atoms with van der Waals surface area (Å²) in [6.45, 7) is 0.418. The van der Waals surface area contributed by atoms with E-state index >= 15 is 0 Å². The fraction of sp³-hybridized carbons (Fsp3) is 0.167. The van der Waals surface area contributed by atoms with Crippen LogP contribution < -0.4 is 5.01 Å².